The summed E-state index contributed by atoms with van der Waals surface area (Å²) >= 11 is 9.29. The molecular formula is C14H14S2Si. The second-order valence-corrected chi connectivity index (χ2v) is 10.3. The zero-order chi connectivity index (χ0) is 11.9. The summed E-state index contributed by atoms with van der Waals surface area (Å²) in [6.07, 6.45) is 0. The first-order valence-electron chi connectivity index (χ1n) is 5.74. The van der Waals surface area contributed by atoms with Crippen LogP contribution in [-0.2, 0) is 0 Å². The van der Waals surface area contributed by atoms with Gasteiger partial charge in [-0.3, -0.25) is 0 Å². The third-order valence-corrected chi connectivity index (χ3v) is 11.0. The number of rotatable bonds is 2. The zero-order valence-corrected chi connectivity index (χ0v) is 12.2. The maximum absolute atomic E-state index is 4.64. The second-order valence-electron chi connectivity index (χ2n) is 4.49. The Balaban J connectivity index is 2.38. The van der Waals surface area contributed by atoms with Gasteiger partial charge >= 0.3 is 0 Å². The van der Waals surface area contributed by atoms with Gasteiger partial charge in [0.25, 0.3) is 0 Å². The van der Waals surface area contributed by atoms with E-state index in [1.807, 2.05) is 0 Å². The van der Waals surface area contributed by atoms with Gasteiger partial charge in [-0.05, 0) is 32.3 Å². The molecule has 0 fully saturated rings. The van der Waals surface area contributed by atoms with Gasteiger partial charge in [0.05, 0.1) is 0 Å². The average Bonchev–Trinajstić information content (AvgIpc) is 2.70. The van der Waals surface area contributed by atoms with Gasteiger partial charge in [0.1, 0.15) is 8.07 Å². The van der Waals surface area contributed by atoms with Crippen LogP contribution in [0.2, 0.25) is 0 Å². The summed E-state index contributed by atoms with van der Waals surface area (Å²) in [5.74, 6) is 0. The fourth-order valence-electron chi connectivity index (χ4n) is 2.81. The number of benzene rings is 2. The van der Waals surface area contributed by atoms with Gasteiger partial charge in [-0.2, -0.15) is 25.3 Å². The van der Waals surface area contributed by atoms with Crippen molar-refractivity contribution < 1.29 is 0 Å². The van der Waals surface area contributed by atoms with Crippen LogP contribution in [0.5, 0.6) is 0 Å². The molecule has 86 valence electrons. The summed E-state index contributed by atoms with van der Waals surface area (Å²) in [6.45, 7) is 0. The van der Waals surface area contributed by atoms with Crippen LogP contribution in [0.1, 0.15) is 0 Å². The highest BCUT2D eigenvalue weighted by Gasteiger charge is 2.42. The highest BCUT2D eigenvalue weighted by atomic mass is 32.1. The van der Waals surface area contributed by atoms with Crippen molar-refractivity contribution in [1.29, 1.82) is 0 Å². The molecule has 0 nitrogen and oxygen atoms in total. The molecule has 17 heavy (non-hydrogen) atoms. The molecule has 3 heteroatoms. The summed E-state index contributed by atoms with van der Waals surface area (Å²) in [7, 11) is -1.69. The second kappa shape index (κ2) is 4.23. The molecule has 0 spiro atoms. The zero-order valence-electron chi connectivity index (χ0n) is 9.43. The van der Waals surface area contributed by atoms with E-state index in [2.05, 4.69) is 73.8 Å². The smallest absolute Gasteiger partial charge is 0.138 e. The van der Waals surface area contributed by atoms with E-state index in [1.54, 1.807) is 0 Å². The van der Waals surface area contributed by atoms with Crippen molar-refractivity contribution in [2.45, 2.75) is 0 Å². The maximum Gasteiger partial charge on any atom is 0.138 e. The monoisotopic (exact) mass is 274 g/mol. The van der Waals surface area contributed by atoms with Crippen molar-refractivity contribution >= 4 is 43.7 Å². The molecule has 0 N–H and O–H groups in total. The lowest BCUT2D eigenvalue weighted by Gasteiger charge is -2.25. The Bertz CT molecular complexity index is 514. The van der Waals surface area contributed by atoms with Crippen LogP contribution in [0.3, 0.4) is 0 Å². The number of thiol groups is 2. The van der Waals surface area contributed by atoms with Gasteiger partial charge in [0.2, 0.25) is 0 Å². The van der Waals surface area contributed by atoms with E-state index in [1.165, 1.54) is 21.5 Å². The molecule has 1 aliphatic rings. The number of hydrogen-bond acceptors (Lipinski definition) is 2. The molecule has 2 aromatic rings. The predicted molar refractivity (Wildman–Crippen MR) is 84.6 cm³/mol. The topological polar surface area (TPSA) is 0 Å². The molecular weight excluding hydrogens is 260 g/mol. The van der Waals surface area contributed by atoms with E-state index in [0.717, 1.165) is 10.8 Å². The van der Waals surface area contributed by atoms with Crippen LogP contribution in [-0.4, -0.2) is 18.8 Å². The van der Waals surface area contributed by atoms with Gasteiger partial charge in [0.15, 0.2) is 0 Å². The molecule has 0 radical (unpaired) electrons. The molecule has 0 unspecified atom stereocenters. The Morgan fingerprint density at radius 2 is 1.12 bits per heavy atom. The largest absolute Gasteiger partial charge is 0.182 e. The van der Waals surface area contributed by atoms with E-state index < -0.39 is 8.07 Å². The molecule has 1 heterocycles. The van der Waals surface area contributed by atoms with Crippen LogP contribution in [0, 0.1) is 0 Å². The van der Waals surface area contributed by atoms with Crippen molar-refractivity contribution in [3.63, 3.8) is 0 Å². The highest BCUT2D eigenvalue weighted by Crippen LogP contribution is 2.28. The first-order chi connectivity index (χ1) is 8.33. The lowest BCUT2D eigenvalue weighted by Crippen LogP contribution is -2.59. The van der Waals surface area contributed by atoms with Crippen molar-refractivity contribution in [3.05, 3.63) is 48.5 Å². The van der Waals surface area contributed by atoms with E-state index >= 15 is 0 Å². The van der Waals surface area contributed by atoms with Crippen molar-refractivity contribution in [3.8, 4) is 11.1 Å². The minimum Gasteiger partial charge on any atom is -0.182 e. The summed E-state index contributed by atoms with van der Waals surface area (Å²) in [5, 5.41) is 4.88. The van der Waals surface area contributed by atoms with Crippen LogP contribution in [0.25, 0.3) is 11.1 Å². The van der Waals surface area contributed by atoms with Gasteiger partial charge in [-0.15, -0.1) is 0 Å². The molecule has 0 atom stereocenters. The quantitative estimate of drug-likeness (QED) is 0.609. The molecule has 0 bridgehead atoms. The van der Waals surface area contributed by atoms with E-state index in [4.69, 9.17) is 0 Å². The van der Waals surface area contributed by atoms with Crippen LogP contribution in [0.15, 0.2) is 48.5 Å². The predicted octanol–water partition coefficient (Wildman–Crippen LogP) is 2.17. The fraction of sp³-hybridized carbons (Fsp3) is 0.143. The Morgan fingerprint density at radius 3 is 1.53 bits per heavy atom. The Kier molecular flexibility index (Phi) is 2.85. The molecule has 2 aromatic carbocycles. The maximum atomic E-state index is 4.64. The Labute approximate surface area is 114 Å². The summed E-state index contributed by atoms with van der Waals surface area (Å²) < 4.78 is 0. The van der Waals surface area contributed by atoms with Crippen LogP contribution < -0.4 is 10.4 Å². The normalized spacial score (nSPS) is 15.4. The molecule has 1 aliphatic heterocycles. The summed E-state index contributed by atoms with van der Waals surface area (Å²) in [6, 6.07) is 17.5. The van der Waals surface area contributed by atoms with E-state index in [-0.39, 0.29) is 0 Å². The molecule has 0 aromatic heterocycles. The third-order valence-electron chi connectivity index (χ3n) is 3.72. The van der Waals surface area contributed by atoms with Crippen molar-refractivity contribution in [2.75, 3.05) is 10.8 Å². The first kappa shape index (κ1) is 11.4. The Hall–Kier alpha value is -0.643. The van der Waals surface area contributed by atoms with Gasteiger partial charge in [-0.1, -0.05) is 48.5 Å². The molecule has 3 rings (SSSR count). The van der Waals surface area contributed by atoms with Gasteiger partial charge in [-0.25, -0.2) is 0 Å². The van der Waals surface area contributed by atoms with Crippen molar-refractivity contribution in [1.82, 2.24) is 0 Å². The molecule has 0 aliphatic carbocycles. The minimum atomic E-state index is -1.69. The lowest BCUT2D eigenvalue weighted by atomic mass is 10.1. The molecule has 0 saturated heterocycles. The highest BCUT2D eigenvalue weighted by molar-refractivity contribution is 7.86. The van der Waals surface area contributed by atoms with E-state index in [9.17, 15) is 0 Å². The van der Waals surface area contributed by atoms with Crippen molar-refractivity contribution in [2.24, 2.45) is 0 Å². The summed E-state index contributed by atoms with van der Waals surface area (Å²) in [5.41, 5.74) is 2.80. The Morgan fingerprint density at radius 1 is 0.706 bits per heavy atom. The lowest BCUT2D eigenvalue weighted by molar-refractivity contribution is 1.71. The fourth-order valence-corrected chi connectivity index (χ4v) is 9.42. The van der Waals surface area contributed by atoms with Gasteiger partial charge in [0, 0.05) is 0 Å². The van der Waals surface area contributed by atoms with Crippen LogP contribution in [0.4, 0.5) is 0 Å². The SMILES string of the molecule is SC[Si]1(CS)c2ccccc2-c2ccccc21. The molecule has 0 amide bonds. The average molecular weight is 274 g/mol. The number of fused-ring (bicyclic) bond motifs is 3. The standard InChI is InChI=1S/C14H14S2Si/c15-9-17(10-16)13-7-3-1-5-11(13)12-6-2-4-8-14(12)17/h1-8,15-16H,9-10H2. The number of hydrogen-bond donors (Lipinski definition) is 2. The van der Waals surface area contributed by atoms with Gasteiger partial charge < -0.3 is 0 Å². The van der Waals surface area contributed by atoms with Crippen LogP contribution >= 0.6 is 25.3 Å². The minimum absolute atomic E-state index is 0.935. The third kappa shape index (κ3) is 1.46. The molecule has 0 saturated carbocycles. The van der Waals surface area contributed by atoms with E-state index in [0.29, 0.717) is 0 Å². The first-order valence-corrected chi connectivity index (χ1v) is 9.42. The summed E-state index contributed by atoms with van der Waals surface area (Å²) in [4.78, 5) is 0.